The summed E-state index contributed by atoms with van der Waals surface area (Å²) in [6, 6.07) is 6.52. The molecule has 0 heterocycles. The van der Waals surface area contributed by atoms with E-state index in [-0.39, 0.29) is 24.0 Å². The molecule has 4 heteroatoms. The molecule has 98 valence electrons. The van der Waals surface area contributed by atoms with Gasteiger partial charge in [-0.15, -0.1) is 24.0 Å². The van der Waals surface area contributed by atoms with E-state index in [0.29, 0.717) is 5.96 Å². The summed E-state index contributed by atoms with van der Waals surface area (Å²) in [6.07, 6.45) is 6.33. The monoisotopic (exact) mass is 357 g/mol. The van der Waals surface area contributed by atoms with E-state index in [0.717, 1.165) is 18.2 Å². The van der Waals surface area contributed by atoms with Crippen LogP contribution in [0.1, 0.15) is 30.4 Å². The van der Waals surface area contributed by atoms with Crippen LogP contribution in [-0.4, -0.2) is 12.5 Å². The lowest BCUT2D eigenvalue weighted by molar-refractivity contribution is 0.846. The molecule has 0 spiro atoms. The molecule has 0 bridgehead atoms. The quantitative estimate of drug-likeness (QED) is 0.497. The van der Waals surface area contributed by atoms with E-state index in [1.807, 2.05) is 0 Å². The molecule has 1 saturated carbocycles. The summed E-state index contributed by atoms with van der Waals surface area (Å²) < 4.78 is 0. The molecular weight excluding hydrogens is 337 g/mol. The van der Waals surface area contributed by atoms with E-state index >= 15 is 0 Å². The number of benzene rings is 1. The van der Waals surface area contributed by atoms with Crippen molar-refractivity contribution < 1.29 is 0 Å². The maximum absolute atomic E-state index is 5.87. The normalized spacial score (nSPS) is 18.1. The zero-order valence-corrected chi connectivity index (χ0v) is 12.8. The Kier molecular flexibility index (Phi) is 4.48. The molecular formula is C14H20IN3. The molecule has 0 radical (unpaired) electrons. The fourth-order valence-corrected chi connectivity index (χ4v) is 2.36. The van der Waals surface area contributed by atoms with Gasteiger partial charge in [0, 0.05) is 12.2 Å². The molecule has 0 aromatic heterocycles. The molecule has 1 aromatic carbocycles. The van der Waals surface area contributed by atoms with Crippen LogP contribution in [0.25, 0.3) is 0 Å². The Balaban J connectivity index is 0.00000120. The second-order valence-corrected chi connectivity index (χ2v) is 5.13. The maximum atomic E-state index is 5.87. The lowest BCUT2D eigenvalue weighted by Gasteiger charge is -2.07. The topological polar surface area (TPSA) is 50.4 Å². The first-order valence-electron chi connectivity index (χ1n) is 6.50. The summed E-state index contributed by atoms with van der Waals surface area (Å²) in [5.41, 5.74) is 9.89. The number of rotatable bonds is 3. The molecule has 3 rings (SSSR count). The van der Waals surface area contributed by atoms with E-state index in [1.165, 1.54) is 43.2 Å². The maximum Gasteiger partial charge on any atom is 0.193 e. The Bertz CT molecular complexity index is 452. The molecule has 2 aliphatic carbocycles. The summed E-state index contributed by atoms with van der Waals surface area (Å²) in [5.74, 6) is 1.34. The van der Waals surface area contributed by atoms with Crippen LogP contribution >= 0.6 is 24.0 Å². The largest absolute Gasteiger partial charge is 0.370 e. The molecule has 3 nitrogen and oxygen atoms in total. The first-order chi connectivity index (χ1) is 8.31. The van der Waals surface area contributed by atoms with Crippen LogP contribution in [0.3, 0.4) is 0 Å². The molecule has 2 aliphatic rings. The minimum Gasteiger partial charge on any atom is -0.370 e. The van der Waals surface area contributed by atoms with Crippen LogP contribution in [0.4, 0.5) is 5.69 Å². The molecule has 0 unspecified atom stereocenters. The third kappa shape index (κ3) is 3.37. The van der Waals surface area contributed by atoms with Gasteiger partial charge in [0.2, 0.25) is 0 Å². The second-order valence-electron chi connectivity index (χ2n) is 5.13. The van der Waals surface area contributed by atoms with Gasteiger partial charge in [0.15, 0.2) is 5.96 Å². The first kappa shape index (κ1) is 13.6. The average molecular weight is 357 g/mol. The zero-order valence-electron chi connectivity index (χ0n) is 10.5. The average Bonchev–Trinajstić information content (AvgIpc) is 3.04. The highest BCUT2D eigenvalue weighted by atomic mass is 127. The summed E-state index contributed by atoms with van der Waals surface area (Å²) in [7, 11) is 0. The summed E-state index contributed by atoms with van der Waals surface area (Å²) in [6.45, 7) is 0.879. The van der Waals surface area contributed by atoms with Crippen molar-refractivity contribution in [1.82, 2.24) is 0 Å². The van der Waals surface area contributed by atoms with Crippen molar-refractivity contribution in [2.75, 3.05) is 11.9 Å². The SMILES string of the molecule is I.NC(=NCC1CC1)Nc1ccc2c(c1)CCC2. The van der Waals surface area contributed by atoms with Crippen LogP contribution in [0.15, 0.2) is 23.2 Å². The highest BCUT2D eigenvalue weighted by Gasteiger charge is 2.20. The van der Waals surface area contributed by atoms with Gasteiger partial charge in [0.25, 0.3) is 0 Å². The zero-order chi connectivity index (χ0) is 11.7. The number of aryl methyl sites for hydroxylation is 2. The van der Waals surface area contributed by atoms with Gasteiger partial charge in [-0.3, -0.25) is 4.99 Å². The van der Waals surface area contributed by atoms with Crippen molar-refractivity contribution in [3.63, 3.8) is 0 Å². The number of nitrogens with one attached hydrogen (secondary N) is 1. The standard InChI is InChI=1S/C14H19N3.HI/c15-14(16-9-10-4-5-10)17-13-7-6-11-2-1-3-12(11)8-13;/h6-8,10H,1-5,9H2,(H3,15,16,17);1H. The summed E-state index contributed by atoms with van der Waals surface area (Å²) >= 11 is 0. The minimum atomic E-state index is 0. The molecule has 0 amide bonds. The van der Waals surface area contributed by atoms with Crippen molar-refractivity contribution in [2.24, 2.45) is 16.6 Å². The van der Waals surface area contributed by atoms with Gasteiger partial charge in [0.1, 0.15) is 0 Å². The van der Waals surface area contributed by atoms with Crippen LogP contribution in [0.5, 0.6) is 0 Å². The summed E-state index contributed by atoms with van der Waals surface area (Å²) in [4.78, 5) is 4.36. The van der Waals surface area contributed by atoms with Gasteiger partial charge in [-0.2, -0.15) is 0 Å². The van der Waals surface area contributed by atoms with Gasteiger partial charge < -0.3 is 11.1 Å². The molecule has 0 saturated heterocycles. The smallest absolute Gasteiger partial charge is 0.193 e. The van der Waals surface area contributed by atoms with E-state index < -0.39 is 0 Å². The van der Waals surface area contributed by atoms with Crippen LogP contribution in [0.2, 0.25) is 0 Å². The van der Waals surface area contributed by atoms with Crippen LogP contribution < -0.4 is 11.1 Å². The number of halogens is 1. The van der Waals surface area contributed by atoms with E-state index in [1.54, 1.807) is 0 Å². The number of nitrogens with zero attached hydrogens (tertiary/aromatic N) is 1. The first-order valence-corrected chi connectivity index (χ1v) is 6.50. The van der Waals surface area contributed by atoms with E-state index in [2.05, 4.69) is 28.5 Å². The van der Waals surface area contributed by atoms with Gasteiger partial charge in [0.05, 0.1) is 0 Å². The number of fused-ring (bicyclic) bond motifs is 1. The number of nitrogens with two attached hydrogens (primary N) is 1. The number of hydrogen-bond acceptors (Lipinski definition) is 1. The molecule has 1 fully saturated rings. The van der Waals surface area contributed by atoms with Gasteiger partial charge in [-0.1, -0.05) is 6.07 Å². The summed E-state index contributed by atoms with van der Waals surface area (Å²) in [5, 5.41) is 3.18. The molecule has 0 atom stereocenters. The Morgan fingerprint density at radius 2 is 2.06 bits per heavy atom. The highest BCUT2D eigenvalue weighted by molar-refractivity contribution is 14.0. The predicted molar refractivity (Wildman–Crippen MR) is 86.7 cm³/mol. The van der Waals surface area contributed by atoms with Gasteiger partial charge >= 0.3 is 0 Å². The van der Waals surface area contributed by atoms with E-state index in [4.69, 9.17) is 5.73 Å². The fourth-order valence-electron chi connectivity index (χ4n) is 2.36. The van der Waals surface area contributed by atoms with Gasteiger partial charge in [-0.05, 0) is 61.3 Å². The fraction of sp³-hybridized carbons (Fsp3) is 0.500. The van der Waals surface area contributed by atoms with Crippen molar-refractivity contribution in [3.8, 4) is 0 Å². The third-order valence-electron chi connectivity index (χ3n) is 3.59. The Hall–Kier alpha value is -0.780. The number of aliphatic imine (C=N–C) groups is 1. The molecule has 3 N–H and O–H groups in total. The lowest BCUT2D eigenvalue weighted by atomic mass is 10.1. The van der Waals surface area contributed by atoms with Crippen LogP contribution in [-0.2, 0) is 12.8 Å². The Morgan fingerprint density at radius 1 is 1.28 bits per heavy atom. The van der Waals surface area contributed by atoms with Crippen LogP contribution in [0, 0.1) is 5.92 Å². The third-order valence-corrected chi connectivity index (χ3v) is 3.59. The lowest BCUT2D eigenvalue weighted by Crippen LogP contribution is -2.23. The molecule has 1 aromatic rings. The molecule has 18 heavy (non-hydrogen) atoms. The number of hydrogen-bond donors (Lipinski definition) is 2. The number of anilines is 1. The van der Waals surface area contributed by atoms with Gasteiger partial charge in [-0.25, -0.2) is 0 Å². The van der Waals surface area contributed by atoms with Crippen molar-refractivity contribution in [1.29, 1.82) is 0 Å². The Morgan fingerprint density at radius 3 is 2.83 bits per heavy atom. The van der Waals surface area contributed by atoms with Crippen molar-refractivity contribution >= 4 is 35.6 Å². The molecule has 0 aliphatic heterocycles. The van der Waals surface area contributed by atoms with Crippen molar-refractivity contribution in [3.05, 3.63) is 29.3 Å². The Labute approximate surface area is 125 Å². The highest BCUT2D eigenvalue weighted by Crippen LogP contribution is 2.29. The number of guanidine groups is 1. The van der Waals surface area contributed by atoms with E-state index in [9.17, 15) is 0 Å². The second kappa shape index (κ2) is 5.91. The predicted octanol–water partition coefficient (Wildman–Crippen LogP) is 2.93. The minimum absolute atomic E-state index is 0. The van der Waals surface area contributed by atoms with Crippen molar-refractivity contribution in [2.45, 2.75) is 32.1 Å².